The monoisotopic (exact) mass is 223 g/mol. The SMILES string of the molecule is CC.COC(=O)C1Cc2nccnc2CN1. The average Bonchev–Trinajstić information content (AvgIpc) is 2.39. The van der Waals surface area contributed by atoms with Crippen molar-refractivity contribution >= 4 is 5.97 Å². The molecule has 5 heteroatoms. The zero-order valence-electron chi connectivity index (χ0n) is 9.86. The van der Waals surface area contributed by atoms with Gasteiger partial charge in [0, 0.05) is 25.4 Å². The van der Waals surface area contributed by atoms with E-state index in [0.29, 0.717) is 13.0 Å². The second kappa shape index (κ2) is 6.17. The molecule has 2 heterocycles. The van der Waals surface area contributed by atoms with E-state index in [0.717, 1.165) is 11.4 Å². The number of rotatable bonds is 1. The Morgan fingerprint density at radius 2 is 2.00 bits per heavy atom. The predicted octanol–water partition coefficient (Wildman–Crippen LogP) is 0.690. The highest BCUT2D eigenvalue weighted by molar-refractivity contribution is 5.76. The van der Waals surface area contributed by atoms with Crippen LogP contribution in [0.4, 0.5) is 0 Å². The van der Waals surface area contributed by atoms with Gasteiger partial charge in [-0.05, 0) is 0 Å². The molecule has 0 amide bonds. The third-order valence-electron chi connectivity index (χ3n) is 2.26. The zero-order valence-corrected chi connectivity index (χ0v) is 9.86. The molecule has 0 aromatic carbocycles. The molecule has 1 aromatic heterocycles. The predicted molar refractivity (Wildman–Crippen MR) is 59.7 cm³/mol. The molecule has 0 aliphatic carbocycles. The summed E-state index contributed by atoms with van der Waals surface area (Å²) >= 11 is 0. The highest BCUT2D eigenvalue weighted by Gasteiger charge is 2.25. The number of hydrogen-bond acceptors (Lipinski definition) is 5. The minimum absolute atomic E-state index is 0.249. The largest absolute Gasteiger partial charge is 0.468 e. The number of hydrogen-bond donors (Lipinski definition) is 1. The lowest BCUT2D eigenvalue weighted by Crippen LogP contribution is -2.43. The molecule has 0 saturated heterocycles. The maximum absolute atomic E-state index is 11.2. The third kappa shape index (κ3) is 2.76. The summed E-state index contributed by atoms with van der Waals surface area (Å²) in [6.07, 6.45) is 3.84. The fourth-order valence-electron chi connectivity index (χ4n) is 1.51. The highest BCUT2D eigenvalue weighted by Crippen LogP contribution is 2.11. The van der Waals surface area contributed by atoms with Crippen LogP contribution in [0, 0.1) is 0 Å². The van der Waals surface area contributed by atoms with Crippen LogP contribution < -0.4 is 5.32 Å². The van der Waals surface area contributed by atoms with E-state index < -0.39 is 0 Å². The van der Waals surface area contributed by atoms with Crippen LogP contribution in [-0.2, 0) is 22.5 Å². The van der Waals surface area contributed by atoms with Crippen LogP contribution in [0.25, 0.3) is 0 Å². The number of methoxy groups -OCH3 is 1. The third-order valence-corrected chi connectivity index (χ3v) is 2.26. The van der Waals surface area contributed by atoms with Crippen molar-refractivity contribution in [2.75, 3.05) is 7.11 Å². The molecule has 0 fully saturated rings. The second-order valence-corrected chi connectivity index (χ2v) is 3.11. The Balaban J connectivity index is 0.000000606. The Morgan fingerprint density at radius 1 is 1.38 bits per heavy atom. The maximum Gasteiger partial charge on any atom is 0.323 e. The summed E-state index contributed by atoms with van der Waals surface area (Å²) in [6, 6.07) is -0.288. The summed E-state index contributed by atoms with van der Waals surface area (Å²) in [5.74, 6) is -0.249. The van der Waals surface area contributed by atoms with Crippen molar-refractivity contribution < 1.29 is 9.53 Å². The van der Waals surface area contributed by atoms with Gasteiger partial charge in [-0.1, -0.05) is 13.8 Å². The fraction of sp³-hybridized carbons (Fsp3) is 0.545. The smallest absolute Gasteiger partial charge is 0.323 e. The molecule has 88 valence electrons. The number of aromatic nitrogens is 2. The van der Waals surface area contributed by atoms with Crippen molar-refractivity contribution in [1.82, 2.24) is 15.3 Å². The van der Waals surface area contributed by atoms with Crippen LogP contribution in [0.5, 0.6) is 0 Å². The van der Waals surface area contributed by atoms with Gasteiger partial charge in [0.25, 0.3) is 0 Å². The lowest BCUT2D eigenvalue weighted by molar-refractivity contribution is -0.143. The van der Waals surface area contributed by atoms with Crippen LogP contribution in [0.3, 0.4) is 0 Å². The number of nitrogens with one attached hydrogen (secondary N) is 1. The second-order valence-electron chi connectivity index (χ2n) is 3.11. The zero-order chi connectivity index (χ0) is 12.0. The first-order chi connectivity index (χ1) is 7.81. The van der Waals surface area contributed by atoms with Gasteiger partial charge in [0.1, 0.15) is 6.04 Å². The summed E-state index contributed by atoms with van der Waals surface area (Å²) in [5.41, 5.74) is 1.79. The van der Waals surface area contributed by atoms with Gasteiger partial charge < -0.3 is 4.74 Å². The van der Waals surface area contributed by atoms with E-state index >= 15 is 0 Å². The van der Waals surface area contributed by atoms with Gasteiger partial charge in [0.15, 0.2) is 0 Å². The molecule has 1 aliphatic heterocycles. The van der Waals surface area contributed by atoms with Crippen molar-refractivity contribution in [3.05, 3.63) is 23.8 Å². The van der Waals surface area contributed by atoms with E-state index in [4.69, 9.17) is 0 Å². The number of ether oxygens (including phenoxy) is 1. The van der Waals surface area contributed by atoms with Crippen molar-refractivity contribution in [1.29, 1.82) is 0 Å². The molecule has 0 bridgehead atoms. The van der Waals surface area contributed by atoms with Gasteiger partial charge in [-0.25, -0.2) is 0 Å². The number of esters is 1. The summed E-state index contributed by atoms with van der Waals surface area (Å²) in [5, 5.41) is 3.05. The Hall–Kier alpha value is -1.49. The minimum Gasteiger partial charge on any atom is -0.468 e. The molecule has 1 aliphatic rings. The molecule has 1 atom stereocenters. The summed E-state index contributed by atoms with van der Waals surface area (Å²) < 4.78 is 4.66. The summed E-state index contributed by atoms with van der Waals surface area (Å²) in [7, 11) is 1.39. The summed E-state index contributed by atoms with van der Waals surface area (Å²) in [4.78, 5) is 19.6. The van der Waals surface area contributed by atoms with Crippen molar-refractivity contribution in [2.24, 2.45) is 0 Å². The first kappa shape index (κ1) is 12.6. The first-order valence-electron chi connectivity index (χ1n) is 5.41. The molecule has 1 aromatic rings. The molecule has 1 unspecified atom stereocenters. The van der Waals surface area contributed by atoms with Crippen molar-refractivity contribution in [3.8, 4) is 0 Å². The minimum atomic E-state index is -0.288. The van der Waals surface area contributed by atoms with E-state index in [2.05, 4.69) is 20.0 Å². The molecule has 5 nitrogen and oxygen atoms in total. The highest BCUT2D eigenvalue weighted by atomic mass is 16.5. The number of fused-ring (bicyclic) bond motifs is 1. The van der Waals surface area contributed by atoms with Gasteiger partial charge in [-0.15, -0.1) is 0 Å². The van der Waals surface area contributed by atoms with E-state index in [1.807, 2.05) is 13.8 Å². The number of nitrogens with zero attached hydrogens (tertiary/aromatic N) is 2. The standard InChI is InChI=1S/C9H11N3O2.C2H6/c1-14-9(13)7-4-6-8(5-12-7)11-3-2-10-6;1-2/h2-3,7,12H,4-5H2,1H3;1-2H3. The maximum atomic E-state index is 11.2. The Kier molecular flexibility index (Phi) is 4.85. The molecule has 0 spiro atoms. The molecular weight excluding hydrogens is 206 g/mol. The van der Waals surface area contributed by atoms with E-state index in [1.165, 1.54) is 7.11 Å². The lowest BCUT2D eigenvalue weighted by Gasteiger charge is -2.21. The van der Waals surface area contributed by atoms with Crippen LogP contribution in [-0.4, -0.2) is 29.1 Å². The molecule has 1 N–H and O–H groups in total. The molecule has 0 saturated carbocycles. The Bertz CT molecular complexity index is 355. The normalized spacial score (nSPS) is 17.8. The van der Waals surface area contributed by atoms with E-state index in [1.54, 1.807) is 12.4 Å². The van der Waals surface area contributed by atoms with Gasteiger partial charge in [-0.3, -0.25) is 20.1 Å². The van der Waals surface area contributed by atoms with Crippen molar-refractivity contribution in [2.45, 2.75) is 32.9 Å². The van der Waals surface area contributed by atoms with Crippen molar-refractivity contribution in [3.63, 3.8) is 0 Å². The fourth-order valence-corrected chi connectivity index (χ4v) is 1.51. The Morgan fingerprint density at radius 3 is 2.62 bits per heavy atom. The average molecular weight is 223 g/mol. The van der Waals surface area contributed by atoms with E-state index in [-0.39, 0.29) is 12.0 Å². The quantitative estimate of drug-likeness (QED) is 0.710. The van der Waals surface area contributed by atoms with Crippen LogP contribution in [0.2, 0.25) is 0 Å². The van der Waals surface area contributed by atoms with Gasteiger partial charge >= 0.3 is 5.97 Å². The molecular formula is C11H17N3O2. The molecule has 16 heavy (non-hydrogen) atoms. The van der Waals surface area contributed by atoms with Gasteiger partial charge in [0.05, 0.1) is 18.5 Å². The first-order valence-corrected chi connectivity index (χ1v) is 5.41. The topological polar surface area (TPSA) is 64.1 Å². The van der Waals surface area contributed by atoms with Crippen LogP contribution in [0.15, 0.2) is 12.4 Å². The van der Waals surface area contributed by atoms with Gasteiger partial charge in [-0.2, -0.15) is 0 Å². The molecule has 0 radical (unpaired) electrons. The van der Waals surface area contributed by atoms with Gasteiger partial charge in [0.2, 0.25) is 0 Å². The summed E-state index contributed by atoms with van der Waals surface area (Å²) in [6.45, 7) is 4.57. The number of carbonyl (C=O) groups excluding carboxylic acids is 1. The Labute approximate surface area is 95.3 Å². The number of carbonyl (C=O) groups is 1. The van der Waals surface area contributed by atoms with E-state index in [9.17, 15) is 4.79 Å². The van der Waals surface area contributed by atoms with Crippen LogP contribution in [0.1, 0.15) is 25.2 Å². The lowest BCUT2D eigenvalue weighted by atomic mass is 10.1. The molecule has 2 rings (SSSR count). The van der Waals surface area contributed by atoms with Crippen LogP contribution >= 0.6 is 0 Å².